The maximum atomic E-state index is 6.14. The number of nitrogens with zero attached hydrogens (tertiary/aromatic N) is 3. The van der Waals surface area contributed by atoms with E-state index in [2.05, 4.69) is 10.1 Å². The van der Waals surface area contributed by atoms with Gasteiger partial charge in [-0.15, -0.1) is 0 Å². The lowest BCUT2D eigenvalue weighted by atomic mass is 10.1. The molecule has 0 aliphatic rings. The Morgan fingerprint density at radius 1 is 1.16 bits per heavy atom. The van der Waals surface area contributed by atoms with Crippen molar-refractivity contribution < 1.29 is 0 Å². The molecule has 3 rings (SSSR count). The van der Waals surface area contributed by atoms with Crippen molar-refractivity contribution in [3.8, 4) is 0 Å². The molecule has 0 unspecified atom stereocenters. The molecule has 0 aliphatic carbocycles. The normalized spacial score (nSPS) is 11.1. The SMILES string of the molecule is NCc1ccc2nc(Cc3ccccc3Cl)nn2c1. The first-order chi connectivity index (χ1) is 9.26. The fourth-order valence-corrected chi connectivity index (χ4v) is 2.18. The van der Waals surface area contributed by atoms with Crippen molar-refractivity contribution in [2.24, 2.45) is 5.73 Å². The second-order valence-electron chi connectivity index (χ2n) is 4.34. The van der Waals surface area contributed by atoms with Gasteiger partial charge < -0.3 is 5.73 Å². The molecular formula is C14H13ClN4. The van der Waals surface area contributed by atoms with E-state index >= 15 is 0 Å². The second-order valence-corrected chi connectivity index (χ2v) is 4.75. The Labute approximate surface area is 115 Å². The third kappa shape index (κ3) is 2.45. The number of aromatic nitrogens is 3. The molecule has 1 aromatic carbocycles. The minimum Gasteiger partial charge on any atom is -0.326 e. The maximum absolute atomic E-state index is 6.14. The van der Waals surface area contributed by atoms with Crippen LogP contribution in [0, 0.1) is 0 Å². The number of nitrogens with two attached hydrogens (primary N) is 1. The highest BCUT2D eigenvalue weighted by molar-refractivity contribution is 6.31. The van der Waals surface area contributed by atoms with Crippen molar-refractivity contribution >= 4 is 17.2 Å². The van der Waals surface area contributed by atoms with Crippen molar-refractivity contribution in [1.29, 1.82) is 0 Å². The Hall–Kier alpha value is -1.91. The molecule has 0 bridgehead atoms. The van der Waals surface area contributed by atoms with Gasteiger partial charge in [0.15, 0.2) is 11.5 Å². The minimum atomic E-state index is 0.496. The zero-order valence-electron chi connectivity index (χ0n) is 10.3. The zero-order valence-corrected chi connectivity index (χ0v) is 11.0. The summed E-state index contributed by atoms with van der Waals surface area (Å²) in [7, 11) is 0. The molecule has 19 heavy (non-hydrogen) atoms. The Balaban J connectivity index is 1.95. The molecule has 96 valence electrons. The van der Waals surface area contributed by atoms with Crippen molar-refractivity contribution in [3.63, 3.8) is 0 Å². The number of hydrogen-bond acceptors (Lipinski definition) is 3. The van der Waals surface area contributed by atoms with Crippen LogP contribution in [0.4, 0.5) is 0 Å². The molecule has 0 atom stereocenters. The molecule has 2 heterocycles. The minimum absolute atomic E-state index is 0.496. The molecular weight excluding hydrogens is 260 g/mol. The number of hydrogen-bond donors (Lipinski definition) is 1. The zero-order chi connectivity index (χ0) is 13.2. The summed E-state index contributed by atoms with van der Waals surface area (Å²) in [6.45, 7) is 0.496. The molecule has 2 aromatic heterocycles. The molecule has 5 heteroatoms. The lowest BCUT2D eigenvalue weighted by Gasteiger charge is -1.99. The first-order valence-electron chi connectivity index (χ1n) is 6.04. The van der Waals surface area contributed by atoms with Crippen LogP contribution in [0.25, 0.3) is 5.65 Å². The van der Waals surface area contributed by atoms with Crippen LogP contribution in [0.2, 0.25) is 5.02 Å². The lowest BCUT2D eigenvalue weighted by molar-refractivity contribution is 0.884. The Morgan fingerprint density at radius 2 is 2.00 bits per heavy atom. The van der Waals surface area contributed by atoms with Gasteiger partial charge in [-0.1, -0.05) is 35.9 Å². The van der Waals surface area contributed by atoms with E-state index in [9.17, 15) is 0 Å². The van der Waals surface area contributed by atoms with Gasteiger partial charge in [-0.2, -0.15) is 5.10 Å². The van der Waals surface area contributed by atoms with Gasteiger partial charge in [0.05, 0.1) is 0 Å². The van der Waals surface area contributed by atoms with Crippen molar-refractivity contribution in [1.82, 2.24) is 14.6 Å². The summed E-state index contributed by atoms with van der Waals surface area (Å²) in [4.78, 5) is 4.48. The van der Waals surface area contributed by atoms with Gasteiger partial charge in [-0.3, -0.25) is 0 Å². The summed E-state index contributed by atoms with van der Waals surface area (Å²) in [5.74, 6) is 0.752. The van der Waals surface area contributed by atoms with E-state index in [4.69, 9.17) is 17.3 Å². The molecule has 4 nitrogen and oxygen atoms in total. The van der Waals surface area contributed by atoms with E-state index < -0.39 is 0 Å². The Morgan fingerprint density at radius 3 is 2.79 bits per heavy atom. The van der Waals surface area contributed by atoms with Crippen LogP contribution in [0.5, 0.6) is 0 Å². The molecule has 0 spiro atoms. The lowest BCUT2D eigenvalue weighted by Crippen LogP contribution is -1.99. The molecule has 0 amide bonds. The maximum Gasteiger partial charge on any atom is 0.156 e. The average Bonchev–Trinajstić information content (AvgIpc) is 2.82. The van der Waals surface area contributed by atoms with Gasteiger partial charge in [0, 0.05) is 24.2 Å². The molecule has 3 aromatic rings. The van der Waals surface area contributed by atoms with Gasteiger partial charge in [-0.25, -0.2) is 9.50 Å². The van der Waals surface area contributed by atoms with E-state index in [-0.39, 0.29) is 0 Å². The van der Waals surface area contributed by atoms with Crippen LogP contribution in [0.3, 0.4) is 0 Å². The number of benzene rings is 1. The first-order valence-corrected chi connectivity index (χ1v) is 6.42. The van der Waals surface area contributed by atoms with Gasteiger partial charge in [-0.05, 0) is 23.3 Å². The van der Waals surface area contributed by atoms with E-state index in [0.29, 0.717) is 13.0 Å². The smallest absolute Gasteiger partial charge is 0.156 e. The van der Waals surface area contributed by atoms with Crippen molar-refractivity contribution in [2.45, 2.75) is 13.0 Å². The van der Waals surface area contributed by atoms with Crippen LogP contribution in [0.1, 0.15) is 17.0 Å². The summed E-state index contributed by atoms with van der Waals surface area (Å²) in [5, 5.41) is 5.19. The third-order valence-electron chi connectivity index (χ3n) is 2.98. The highest BCUT2D eigenvalue weighted by Crippen LogP contribution is 2.17. The van der Waals surface area contributed by atoms with Crippen LogP contribution in [-0.4, -0.2) is 14.6 Å². The summed E-state index contributed by atoms with van der Waals surface area (Å²) < 4.78 is 1.76. The highest BCUT2D eigenvalue weighted by Gasteiger charge is 2.07. The molecule has 0 fully saturated rings. The van der Waals surface area contributed by atoms with E-state index in [0.717, 1.165) is 27.6 Å². The van der Waals surface area contributed by atoms with Gasteiger partial charge in [0.2, 0.25) is 0 Å². The highest BCUT2D eigenvalue weighted by atomic mass is 35.5. The molecule has 0 radical (unpaired) electrons. The second kappa shape index (κ2) is 4.99. The Bertz CT molecular complexity index is 720. The Kier molecular flexibility index (Phi) is 3.19. The standard InChI is InChI=1S/C14H13ClN4/c15-12-4-2-1-3-11(12)7-13-17-14-6-5-10(8-16)9-19(14)18-13/h1-6,9H,7-8,16H2. The van der Waals surface area contributed by atoms with Gasteiger partial charge in [0.25, 0.3) is 0 Å². The van der Waals surface area contributed by atoms with Crippen LogP contribution >= 0.6 is 11.6 Å². The summed E-state index contributed by atoms with van der Waals surface area (Å²) in [6.07, 6.45) is 2.53. The predicted molar refractivity (Wildman–Crippen MR) is 75.1 cm³/mol. The van der Waals surface area contributed by atoms with Crippen molar-refractivity contribution in [3.05, 3.63) is 64.6 Å². The fourth-order valence-electron chi connectivity index (χ4n) is 1.98. The first kappa shape index (κ1) is 12.1. The number of pyridine rings is 1. The van der Waals surface area contributed by atoms with Crippen LogP contribution in [0.15, 0.2) is 42.6 Å². The largest absolute Gasteiger partial charge is 0.326 e. The number of halogens is 1. The van der Waals surface area contributed by atoms with Crippen LogP contribution < -0.4 is 5.73 Å². The van der Waals surface area contributed by atoms with Crippen LogP contribution in [-0.2, 0) is 13.0 Å². The molecule has 2 N–H and O–H groups in total. The van der Waals surface area contributed by atoms with E-state index in [1.807, 2.05) is 42.6 Å². The monoisotopic (exact) mass is 272 g/mol. The summed E-state index contributed by atoms with van der Waals surface area (Å²) in [5.41, 5.74) is 8.49. The average molecular weight is 273 g/mol. The molecule has 0 saturated carbocycles. The number of fused-ring (bicyclic) bond motifs is 1. The molecule has 0 saturated heterocycles. The molecule has 0 aliphatic heterocycles. The van der Waals surface area contributed by atoms with Crippen molar-refractivity contribution in [2.75, 3.05) is 0 Å². The fraction of sp³-hybridized carbons (Fsp3) is 0.143. The van der Waals surface area contributed by atoms with E-state index in [1.165, 1.54) is 0 Å². The summed E-state index contributed by atoms with van der Waals surface area (Å²) in [6, 6.07) is 11.6. The topological polar surface area (TPSA) is 56.2 Å². The predicted octanol–water partition coefficient (Wildman–Crippen LogP) is 2.43. The third-order valence-corrected chi connectivity index (χ3v) is 3.35. The van der Waals surface area contributed by atoms with Gasteiger partial charge >= 0.3 is 0 Å². The summed E-state index contributed by atoms with van der Waals surface area (Å²) >= 11 is 6.14. The van der Waals surface area contributed by atoms with E-state index in [1.54, 1.807) is 4.52 Å². The number of rotatable bonds is 3. The quantitative estimate of drug-likeness (QED) is 0.797. The van der Waals surface area contributed by atoms with Gasteiger partial charge in [0.1, 0.15) is 0 Å².